The molecule has 0 saturated carbocycles. The molecule has 9 heteroatoms. The first kappa shape index (κ1) is 17.0. The van der Waals surface area contributed by atoms with Crippen LogP contribution in [0, 0.1) is 13.8 Å². The lowest BCUT2D eigenvalue weighted by Gasteiger charge is -2.16. The van der Waals surface area contributed by atoms with E-state index < -0.39 is 23.0 Å². The van der Waals surface area contributed by atoms with Gasteiger partial charge in [0.25, 0.3) is 6.43 Å². The number of rotatable bonds is 7. The van der Waals surface area contributed by atoms with Crippen molar-refractivity contribution >= 4 is 10.0 Å². The quantitative estimate of drug-likeness (QED) is 0.807. The second-order valence-electron chi connectivity index (χ2n) is 4.48. The minimum Gasteiger partial charge on any atom is -0.396 e. The van der Waals surface area contributed by atoms with Crippen molar-refractivity contribution in [3.05, 3.63) is 11.4 Å². The van der Waals surface area contributed by atoms with Crippen LogP contribution in [0.1, 0.15) is 17.8 Å². The van der Waals surface area contributed by atoms with E-state index in [9.17, 15) is 17.2 Å². The van der Waals surface area contributed by atoms with Gasteiger partial charge in [-0.2, -0.15) is 9.40 Å². The SMILES string of the molecule is Cc1nn(CCCO)c(C)c1S(=O)(=O)N(C)CC(F)F. The Bertz CT molecular complexity index is 558. The molecule has 1 rings (SSSR count). The summed E-state index contributed by atoms with van der Waals surface area (Å²) in [5.41, 5.74) is 0.652. The summed E-state index contributed by atoms with van der Waals surface area (Å²) in [6.07, 6.45) is -2.30. The molecule has 0 atom stereocenters. The number of sulfonamides is 1. The van der Waals surface area contributed by atoms with Gasteiger partial charge in [0.1, 0.15) is 4.90 Å². The van der Waals surface area contributed by atoms with Crippen LogP contribution in [-0.4, -0.2) is 54.2 Å². The molecule has 0 aromatic carbocycles. The number of halogens is 2. The zero-order chi connectivity index (χ0) is 15.5. The van der Waals surface area contributed by atoms with Crippen molar-refractivity contribution < 1.29 is 22.3 Å². The number of aliphatic hydroxyl groups excluding tert-OH is 1. The molecule has 0 radical (unpaired) electrons. The Balaban J connectivity index is 3.15. The number of alkyl halides is 2. The molecule has 0 aliphatic carbocycles. The summed E-state index contributed by atoms with van der Waals surface area (Å²) in [4.78, 5) is -0.0430. The van der Waals surface area contributed by atoms with Crippen LogP contribution in [0.2, 0.25) is 0 Å². The van der Waals surface area contributed by atoms with E-state index in [-0.39, 0.29) is 17.2 Å². The molecule has 1 heterocycles. The molecule has 0 spiro atoms. The lowest BCUT2D eigenvalue weighted by molar-refractivity contribution is 0.126. The Morgan fingerprint density at radius 1 is 1.40 bits per heavy atom. The Hall–Kier alpha value is -1.06. The van der Waals surface area contributed by atoms with Gasteiger partial charge in [-0.05, 0) is 20.3 Å². The molecule has 0 aliphatic heterocycles. The highest BCUT2D eigenvalue weighted by atomic mass is 32.2. The first-order chi connectivity index (χ1) is 9.21. The fraction of sp³-hybridized carbons (Fsp3) is 0.727. The van der Waals surface area contributed by atoms with Gasteiger partial charge < -0.3 is 5.11 Å². The molecule has 0 bridgehead atoms. The highest BCUT2D eigenvalue weighted by molar-refractivity contribution is 7.89. The minimum absolute atomic E-state index is 0.0360. The van der Waals surface area contributed by atoms with Gasteiger partial charge in [0.15, 0.2) is 0 Å². The number of hydrogen-bond acceptors (Lipinski definition) is 4. The van der Waals surface area contributed by atoms with E-state index in [0.717, 1.165) is 7.05 Å². The van der Waals surface area contributed by atoms with Gasteiger partial charge in [-0.3, -0.25) is 4.68 Å². The molecule has 0 saturated heterocycles. The van der Waals surface area contributed by atoms with Crippen LogP contribution in [0.3, 0.4) is 0 Å². The van der Waals surface area contributed by atoms with Crippen LogP contribution >= 0.6 is 0 Å². The average molecular weight is 311 g/mol. The van der Waals surface area contributed by atoms with E-state index in [1.807, 2.05) is 0 Å². The summed E-state index contributed by atoms with van der Waals surface area (Å²) in [5, 5.41) is 12.9. The van der Waals surface area contributed by atoms with Crippen molar-refractivity contribution in [1.82, 2.24) is 14.1 Å². The molecule has 0 aliphatic rings. The molecule has 1 aromatic heterocycles. The topological polar surface area (TPSA) is 75.4 Å². The maximum Gasteiger partial charge on any atom is 0.252 e. The number of aryl methyl sites for hydroxylation is 2. The van der Waals surface area contributed by atoms with Crippen molar-refractivity contribution in [2.75, 3.05) is 20.2 Å². The third kappa shape index (κ3) is 3.53. The molecule has 116 valence electrons. The molecular weight excluding hydrogens is 292 g/mol. The summed E-state index contributed by atoms with van der Waals surface area (Å²) in [5.74, 6) is 0. The first-order valence-electron chi connectivity index (χ1n) is 6.11. The molecule has 0 fully saturated rings. The van der Waals surface area contributed by atoms with E-state index in [1.165, 1.54) is 11.6 Å². The summed E-state index contributed by atoms with van der Waals surface area (Å²) < 4.78 is 51.4. The van der Waals surface area contributed by atoms with Crippen LogP contribution in [0.15, 0.2) is 4.90 Å². The summed E-state index contributed by atoms with van der Waals surface area (Å²) in [7, 11) is -2.88. The Morgan fingerprint density at radius 3 is 2.50 bits per heavy atom. The highest BCUT2D eigenvalue weighted by Crippen LogP contribution is 2.23. The van der Waals surface area contributed by atoms with Gasteiger partial charge in [-0.15, -0.1) is 0 Å². The van der Waals surface area contributed by atoms with Crippen molar-refractivity contribution in [3.63, 3.8) is 0 Å². The molecule has 1 N–H and O–H groups in total. The van der Waals surface area contributed by atoms with Crippen molar-refractivity contribution in [3.8, 4) is 0 Å². The smallest absolute Gasteiger partial charge is 0.252 e. The predicted molar refractivity (Wildman–Crippen MR) is 69.2 cm³/mol. The molecular formula is C11H19F2N3O3S. The molecule has 1 aromatic rings. The second kappa shape index (κ2) is 6.59. The third-order valence-electron chi connectivity index (χ3n) is 2.91. The normalized spacial score (nSPS) is 12.6. The lowest BCUT2D eigenvalue weighted by Crippen LogP contribution is -2.32. The van der Waals surface area contributed by atoms with Crippen LogP contribution < -0.4 is 0 Å². The zero-order valence-electron chi connectivity index (χ0n) is 11.7. The summed E-state index contributed by atoms with van der Waals surface area (Å²) in [6.45, 7) is 2.57. The van der Waals surface area contributed by atoms with Gasteiger partial charge in [0.05, 0.1) is 17.9 Å². The highest BCUT2D eigenvalue weighted by Gasteiger charge is 2.30. The van der Waals surface area contributed by atoms with Crippen molar-refractivity contribution in [1.29, 1.82) is 0 Å². The van der Waals surface area contributed by atoms with E-state index in [2.05, 4.69) is 5.10 Å². The van der Waals surface area contributed by atoms with Crippen LogP contribution in [0.4, 0.5) is 8.78 Å². The third-order valence-corrected chi connectivity index (χ3v) is 4.98. The zero-order valence-corrected chi connectivity index (χ0v) is 12.5. The number of hydrogen-bond donors (Lipinski definition) is 1. The monoisotopic (exact) mass is 311 g/mol. The maximum absolute atomic E-state index is 12.3. The molecule has 0 unspecified atom stereocenters. The predicted octanol–water partition coefficient (Wildman–Crippen LogP) is 0.768. The van der Waals surface area contributed by atoms with E-state index >= 15 is 0 Å². The minimum atomic E-state index is -3.99. The first-order valence-corrected chi connectivity index (χ1v) is 7.55. The van der Waals surface area contributed by atoms with Gasteiger partial charge in [-0.25, -0.2) is 17.2 Å². The van der Waals surface area contributed by atoms with Crippen LogP contribution in [0.5, 0.6) is 0 Å². The van der Waals surface area contributed by atoms with E-state index in [4.69, 9.17) is 5.11 Å². The second-order valence-corrected chi connectivity index (χ2v) is 6.46. The van der Waals surface area contributed by atoms with Crippen LogP contribution in [0.25, 0.3) is 0 Å². The Morgan fingerprint density at radius 2 is 2.00 bits per heavy atom. The van der Waals surface area contributed by atoms with Crippen molar-refractivity contribution in [2.45, 2.75) is 38.1 Å². The van der Waals surface area contributed by atoms with E-state index in [1.54, 1.807) is 6.92 Å². The van der Waals surface area contributed by atoms with Gasteiger partial charge in [-0.1, -0.05) is 0 Å². The standard InChI is InChI=1S/C11H19F2N3O3S/c1-8-11(9(2)16(14-8)5-4-6-17)20(18,19)15(3)7-10(12)13/h10,17H,4-7H2,1-3H3. The van der Waals surface area contributed by atoms with E-state index in [0.29, 0.717) is 23.0 Å². The lowest BCUT2D eigenvalue weighted by atomic mass is 10.4. The molecule has 0 amide bonds. The number of aromatic nitrogens is 2. The average Bonchev–Trinajstić information content (AvgIpc) is 2.61. The number of aliphatic hydroxyl groups is 1. The molecule has 6 nitrogen and oxygen atoms in total. The molecule has 20 heavy (non-hydrogen) atoms. The summed E-state index contributed by atoms with van der Waals surface area (Å²) >= 11 is 0. The van der Waals surface area contributed by atoms with Gasteiger partial charge >= 0.3 is 0 Å². The van der Waals surface area contributed by atoms with Crippen molar-refractivity contribution in [2.24, 2.45) is 0 Å². The summed E-state index contributed by atoms with van der Waals surface area (Å²) in [6, 6.07) is 0. The van der Waals surface area contributed by atoms with Crippen LogP contribution in [-0.2, 0) is 16.6 Å². The number of nitrogens with zero attached hydrogens (tertiary/aromatic N) is 3. The van der Waals surface area contributed by atoms with Gasteiger partial charge in [0.2, 0.25) is 10.0 Å². The van der Waals surface area contributed by atoms with Gasteiger partial charge in [0, 0.05) is 20.2 Å². The maximum atomic E-state index is 12.3. The fourth-order valence-corrected chi connectivity index (χ4v) is 3.45. The largest absolute Gasteiger partial charge is 0.396 e. The Labute approximate surface area is 117 Å². The Kier molecular flexibility index (Phi) is 5.60. The fourth-order valence-electron chi connectivity index (χ4n) is 1.94.